The molecule has 3 aromatic rings. The molecule has 2 aromatic carbocycles. The first kappa shape index (κ1) is 20.7. The number of fused-ring (bicyclic) bond motifs is 1. The van der Waals surface area contributed by atoms with Crippen molar-refractivity contribution in [2.45, 2.75) is 13.1 Å². The molecule has 8 heteroatoms. The number of alkyl halides is 2. The quantitative estimate of drug-likeness (QED) is 0.490. The highest BCUT2D eigenvalue weighted by atomic mass is 32.1. The van der Waals surface area contributed by atoms with Gasteiger partial charge in [0, 0.05) is 47.2 Å². The zero-order valence-corrected chi connectivity index (χ0v) is 16.5. The Morgan fingerprint density at radius 2 is 1.90 bits per heavy atom. The molecule has 0 saturated carbocycles. The van der Waals surface area contributed by atoms with Gasteiger partial charge < -0.3 is 21.4 Å². The molecule has 0 aliphatic carbocycles. The molecule has 0 atom stereocenters. The summed E-state index contributed by atoms with van der Waals surface area (Å²) in [6.07, 6.45) is 1.88. The van der Waals surface area contributed by atoms with Crippen molar-refractivity contribution in [3.63, 3.8) is 0 Å². The van der Waals surface area contributed by atoms with Crippen LogP contribution in [-0.2, 0) is 13.1 Å². The van der Waals surface area contributed by atoms with E-state index in [0.717, 1.165) is 33.2 Å². The number of carbonyl (C=O) groups is 1. The first-order valence-electron chi connectivity index (χ1n) is 9.10. The van der Waals surface area contributed by atoms with Gasteiger partial charge >= 0.3 is 6.03 Å². The second-order valence-corrected chi connectivity index (χ2v) is 7.32. The fourth-order valence-corrected chi connectivity index (χ4v) is 3.40. The molecule has 2 amide bonds. The fourth-order valence-electron chi connectivity index (χ4n) is 3.27. The van der Waals surface area contributed by atoms with Gasteiger partial charge in [0.15, 0.2) is 0 Å². The van der Waals surface area contributed by atoms with Crippen LogP contribution in [0.1, 0.15) is 11.1 Å². The first-order valence-corrected chi connectivity index (χ1v) is 9.51. The predicted octanol–water partition coefficient (Wildman–Crippen LogP) is 3.67. The molecule has 152 valence electrons. The van der Waals surface area contributed by atoms with Gasteiger partial charge in [-0.15, -0.1) is 0 Å². The second-order valence-electron chi connectivity index (χ2n) is 6.88. The van der Waals surface area contributed by atoms with E-state index in [9.17, 15) is 13.6 Å². The van der Waals surface area contributed by atoms with Crippen molar-refractivity contribution in [3.05, 3.63) is 59.8 Å². The highest BCUT2D eigenvalue weighted by Gasteiger charge is 2.16. The summed E-state index contributed by atoms with van der Waals surface area (Å²) in [4.78, 5) is 11.3. The number of urea groups is 1. The van der Waals surface area contributed by atoms with Crippen molar-refractivity contribution in [1.29, 1.82) is 0 Å². The van der Waals surface area contributed by atoms with Crippen LogP contribution in [0.25, 0.3) is 22.0 Å². The van der Waals surface area contributed by atoms with Crippen LogP contribution in [0.2, 0.25) is 0 Å². The van der Waals surface area contributed by atoms with Gasteiger partial charge in [-0.3, -0.25) is 8.78 Å². The maximum atomic E-state index is 13.2. The predicted molar refractivity (Wildman–Crippen MR) is 115 cm³/mol. The summed E-state index contributed by atoms with van der Waals surface area (Å²) in [5.74, 6) is -0.728. The summed E-state index contributed by atoms with van der Waals surface area (Å²) < 4.78 is 28.2. The molecule has 0 aliphatic heterocycles. The van der Waals surface area contributed by atoms with Gasteiger partial charge in [0.2, 0.25) is 0 Å². The standard InChI is InChI=1S/C21H22F2N4OS/c22-8-14(9-23)11-27-12-18(15-2-1-3-16(7-15)20(24)29)17-5-4-13(6-19(17)27)10-26-21(25)28/h1-7,12,14H,8-11H2,(H2,24,29)(H3,25,26,28). The number of primary amides is 1. The van der Waals surface area contributed by atoms with E-state index in [1.54, 1.807) is 0 Å². The molecule has 0 aliphatic rings. The van der Waals surface area contributed by atoms with Crippen LogP contribution in [0.4, 0.5) is 13.6 Å². The van der Waals surface area contributed by atoms with Crippen molar-refractivity contribution in [2.75, 3.05) is 13.3 Å². The van der Waals surface area contributed by atoms with Crippen LogP contribution in [0.15, 0.2) is 48.7 Å². The zero-order chi connectivity index (χ0) is 21.0. The van der Waals surface area contributed by atoms with Crippen LogP contribution in [-0.4, -0.2) is 28.9 Å². The van der Waals surface area contributed by atoms with Gasteiger partial charge in [0.05, 0.1) is 13.3 Å². The van der Waals surface area contributed by atoms with Crippen LogP contribution in [0, 0.1) is 5.92 Å². The van der Waals surface area contributed by atoms with Crippen LogP contribution in [0.3, 0.4) is 0 Å². The molecular weight excluding hydrogens is 394 g/mol. The van der Waals surface area contributed by atoms with E-state index >= 15 is 0 Å². The molecular formula is C21H22F2N4OS. The number of aromatic nitrogens is 1. The Morgan fingerprint density at radius 3 is 2.55 bits per heavy atom. The summed E-state index contributed by atoms with van der Waals surface area (Å²) in [5, 5.41) is 3.47. The first-order chi connectivity index (χ1) is 13.9. The number of rotatable bonds is 8. The molecule has 29 heavy (non-hydrogen) atoms. The minimum atomic E-state index is -0.745. The Balaban J connectivity index is 2.11. The van der Waals surface area contributed by atoms with E-state index in [4.69, 9.17) is 23.7 Å². The highest BCUT2D eigenvalue weighted by Crippen LogP contribution is 2.32. The van der Waals surface area contributed by atoms with Gasteiger partial charge in [-0.25, -0.2) is 4.79 Å². The van der Waals surface area contributed by atoms with Gasteiger partial charge in [0.25, 0.3) is 0 Å². The van der Waals surface area contributed by atoms with E-state index in [1.807, 2.05) is 53.2 Å². The molecule has 0 bridgehead atoms. The SMILES string of the molecule is NC(=O)NCc1ccc2c(-c3cccc(C(N)=S)c3)cn(CC(CF)CF)c2c1. The third-order valence-electron chi connectivity index (χ3n) is 4.76. The third kappa shape index (κ3) is 4.71. The van der Waals surface area contributed by atoms with Crippen molar-refractivity contribution in [3.8, 4) is 11.1 Å². The van der Waals surface area contributed by atoms with Crippen molar-refractivity contribution >= 4 is 34.1 Å². The number of benzene rings is 2. The van der Waals surface area contributed by atoms with E-state index in [0.29, 0.717) is 4.99 Å². The Labute approximate surface area is 172 Å². The number of carbonyl (C=O) groups excluding carboxylic acids is 1. The molecule has 0 saturated heterocycles. The maximum absolute atomic E-state index is 13.2. The van der Waals surface area contributed by atoms with Crippen molar-refractivity contribution in [1.82, 2.24) is 9.88 Å². The normalized spacial score (nSPS) is 11.1. The topological polar surface area (TPSA) is 86.1 Å². The average molecular weight is 416 g/mol. The summed E-state index contributed by atoms with van der Waals surface area (Å²) in [6, 6.07) is 12.6. The number of amides is 2. The smallest absolute Gasteiger partial charge is 0.312 e. The molecule has 5 N–H and O–H groups in total. The Kier molecular flexibility index (Phi) is 6.43. The van der Waals surface area contributed by atoms with Gasteiger partial charge in [0.1, 0.15) is 4.99 Å². The Morgan fingerprint density at radius 1 is 1.14 bits per heavy atom. The lowest BCUT2D eigenvalue weighted by Gasteiger charge is -2.12. The van der Waals surface area contributed by atoms with E-state index in [1.165, 1.54) is 0 Å². The lowest BCUT2D eigenvalue weighted by atomic mass is 10.0. The molecule has 0 fully saturated rings. The number of hydrogen-bond donors (Lipinski definition) is 3. The monoisotopic (exact) mass is 416 g/mol. The summed E-state index contributed by atoms with van der Waals surface area (Å²) in [6.45, 7) is -1.03. The number of nitrogens with zero attached hydrogens (tertiary/aromatic N) is 1. The maximum Gasteiger partial charge on any atom is 0.312 e. The Hall–Kier alpha value is -3.00. The minimum absolute atomic E-state index is 0.200. The lowest BCUT2D eigenvalue weighted by molar-refractivity contribution is 0.248. The van der Waals surface area contributed by atoms with Crippen LogP contribution < -0.4 is 16.8 Å². The second kappa shape index (κ2) is 9.00. The highest BCUT2D eigenvalue weighted by molar-refractivity contribution is 7.80. The lowest BCUT2D eigenvalue weighted by Crippen LogP contribution is -2.28. The average Bonchev–Trinajstić information content (AvgIpc) is 3.08. The molecule has 0 spiro atoms. The molecule has 0 unspecified atom stereocenters. The van der Waals surface area contributed by atoms with Crippen LogP contribution >= 0.6 is 12.2 Å². The number of nitrogens with two attached hydrogens (primary N) is 2. The summed E-state index contributed by atoms with van der Waals surface area (Å²) >= 11 is 5.07. The fraction of sp³-hybridized carbons (Fsp3) is 0.238. The molecule has 5 nitrogen and oxygen atoms in total. The summed E-state index contributed by atoms with van der Waals surface area (Å²) in [7, 11) is 0. The van der Waals surface area contributed by atoms with Gasteiger partial charge in [-0.05, 0) is 23.3 Å². The number of nitrogens with one attached hydrogen (secondary N) is 1. The van der Waals surface area contributed by atoms with Crippen molar-refractivity contribution < 1.29 is 13.6 Å². The number of hydrogen-bond acceptors (Lipinski definition) is 2. The number of thiocarbonyl (C=S) groups is 1. The molecule has 3 rings (SSSR count). The zero-order valence-electron chi connectivity index (χ0n) is 15.7. The minimum Gasteiger partial charge on any atom is -0.389 e. The van der Waals surface area contributed by atoms with Crippen molar-refractivity contribution in [2.24, 2.45) is 17.4 Å². The van der Waals surface area contributed by atoms with E-state index < -0.39 is 25.3 Å². The van der Waals surface area contributed by atoms with Crippen LogP contribution in [0.5, 0.6) is 0 Å². The molecule has 0 radical (unpaired) electrons. The third-order valence-corrected chi connectivity index (χ3v) is 5.00. The van der Waals surface area contributed by atoms with E-state index in [-0.39, 0.29) is 13.1 Å². The number of halogens is 2. The van der Waals surface area contributed by atoms with Gasteiger partial charge in [-0.2, -0.15) is 0 Å². The van der Waals surface area contributed by atoms with E-state index in [2.05, 4.69) is 5.32 Å². The molecule has 1 heterocycles. The summed E-state index contributed by atoms with van der Waals surface area (Å²) in [5.41, 5.74) is 15.1. The Bertz CT molecular complexity index is 1050. The largest absolute Gasteiger partial charge is 0.389 e. The van der Waals surface area contributed by atoms with Gasteiger partial charge in [-0.1, -0.05) is 42.5 Å². The molecule has 1 aromatic heterocycles.